The Balaban J connectivity index is 2.57. The van der Waals surface area contributed by atoms with E-state index in [9.17, 15) is 17.6 Å². The number of hydrogen-bond acceptors (Lipinski definition) is 2. The number of halogens is 4. The van der Waals surface area contributed by atoms with Crippen molar-refractivity contribution in [3.63, 3.8) is 0 Å². The number of aromatic nitrogens is 2. The predicted octanol–water partition coefficient (Wildman–Crippen LogP) is 2.82. The van der Waals surface area contributed by atoms with Crippen LogP contribution < -0.4 is 5.73 Å². The fourth-order valence-corrected chi connectivity index (χ4v) is 1.42. The Bertz CT molecular complexity index is 545. The lowest BCUT2D eigenvalue weighted by molar-refractivity contribution is -0.137. The average Bonchev–Trinajstić information content (AvgIpc) is 2.62. The minimum atomic E-state index is -4.61. The van der Waals surface area contributed by atoms with Crippen LogP contribution in [0, 0.1) is 5.82 Å². The number of aromatic amines is 1. The third-order valence-corrected chi connectivity index (χ3v) is 2.18. The number of alkyl halides is 3. The quantitative estimate of drug-likeness (QED) is 0.759. The SMILES string of the molecule is Nc1cn[nH]c1-c1cc(F)cc(C(F)(F)F)c1. The van der Waals surface area contributed by atoms with Crippen LogP contribution in [-0.4, -0.2) is 10.2 Å². The van der Waals surface area contributed by atoms with E-state index in [1.54, 1.807) is 0 Å². The number of nitrogens with one attached hydrogen (secondary N) is 1. The van der Waals surface area contributed by atoms with Crippen LogP contribution in [-0.2, 0) is 6.18 Å². The highest BCUT2D eigenvalue weighted by Gasteiger charge is 2.31. The number of H-pyrrole nitrogens is 1. The smallest absolute Gasteiger partial charge is 0.396 e. The fraction of sp³-hybridized carbons (Fsp3) is 0.100. The zero-order valence-corrected chi connectivity index (χ0v) is 8.35. The van der Waals surface area contributed by atoms with Crippen LogP contribution in [0.3, 0.4) is 0 Å². The van der Waals surface area contributed by atoms with Crippen molar-refractivity contribution in [1.82, 2.24) is 10.2 Å². The zero-order chi connectivity index (χ0) is 12.6. The minimum Gasteiger partial charge on any atom is -0.396 e. The summed E-state index contributed by atoms with van der Waals surface area (Å²) >= 11 is 0. The third-order valence-electron chi connectivity index (χ3n) is 2.18. The van der Waals surface area contributed by atoms with Gasteiger partial charge in [0.1, 0.15) is 5.82 Å². The number of hydrogen-bond donors (Lipinski definition) is 2. The minimum absolute atomic E-state index is 0.00678. The van der Waals surface area contributed by atoms with Crippen LogP contribution in [0.4, 0.5) is 23.2 Å². The molecule has 2 rings (SSSR count). The van der Waals surface area contributed by atoms with Gasteiger partial charge in [-0.05, 0) is 18.2 Å². The number of nitrogens with zero attached hydrogens (tertiary/aromatic N) is 1. The van der Waals surface area contributed by atoms with Gasteiger partial charge in [0, 0.05) is 5.56 Å². The number of benzene rings is 1. The van der Waals surface area contributed by atoms with Crippen molar-refractivity contribution in [3.05, 3.63) is 35.8 Å². The highest BCUT2D eigenvalue weighted by molar-refractivity contribution is 5.72. The molecule has 0 saturated carbocycles. The van der Waals surface area contributed by atoms with Gasteiger partial charge < -0.3 is 5.73 Å². The first-order chi connectivity index (χ1) is 7.88. The van der Waals surface area contributed by atoms with Gasteiger partial charge in [-0.25, -0.2) is 4.39 Å². The second kappa shape index (κ2) is 3.76. The second-order valence-corrected chi connectivity index (χ2v) is 3.43. The van der Waals surface area contributed by atoms with E-state index in [-0.39, 0.29) is 16.9 Å². The molecule has 1 heterocycles. The molecular formula is C10H7F4N3. The van der Waals surface area contributed by atoms with Gasteiger partial charge in [-0.3, -0.25) is 5.10 Å². The Hall–Kier alpha value is -2.05. The van der Waals surface area contributed by atoms with Crippen LogP contribution in [0.15, 0.2) is 24.4 Å². The molecule has 0 saturated heterocycles. The molecule has 0 aliphatic carbocycles. The Labute approximate surface area is 93.3 Å². The van der Waals surface area contributed by atoms with Gasteiger partial charge in [-0.1, -0.05) is 0 Å². The van der Waals surface area contributed by atoms with E-state index in [0.29, 0.717) is 6.07 Å². The van der Waals surface area contributed by atoms with Crippen molar-refractivity contribution in [1.29, 1.82) is 0 Å². The van der Waals surface area contributed by atoms with E-state index in [1.165, 1.54) is 6.20 Å². The van der Waals surface area contributed by atoms with Gasteiger partial charge in [-0.2, -0.15) is 18.3 Å². The molecule has 3 nitrogen and oxygen atoms in total. The summed E-state index contributed by atoms with van der Waals surface area (Å²) in [4.78, 5) is 0. The highest BCUT2D eigenvalue weighted by atomic mass is 19.4. The molecule has 7 heteroatoms. The lowest BCUT2D eigenvalue weighted by Crippen LogP contribution is -2.05. The lowest BCUT2D eigenvalue weighted by atomic mass is 10.1. The molecule has 0 aliphatic rings. The van der Waals surface area contributed by atoms with Gasteiger partial charge in [0.15, 0.2) is 0 Å². The van der Waals surface area contributed by atoms with Crippen LogP contribution in [0.25, 0.3) is 11.3 Å². The number of rotatable bonds is 1. The van der Waals surface area contributed by atoms with Crippen molar-refractivity contribution in [2.45, 2.75) is 6.18 Å². The van der Waals surface area contributed by atoms with Crippen molar-refractivity contribution < 1.29 is 17.6 Å². The average molecular weight is 245 g/mol. The topological polar surface area (TPSA) is 54.7 Å². The standard InChI is InChI=1S/C10H7F4N3/c11-7-2-5(9-8(15)4-16-17-9)1-6(3-7)10(12,13)14/h1-4H,15H2,(H,16,17). The maximum atomic E-state index is 13.1. The summed E-state index contributed by atoms with van der Waals surface area (Å²) in [6.45, 7) is 0. The maximum Gasteiger partial charge on any atom is 0.416 e. The van der Waals surface area contributed by atoms with E-state index in [2.05, 4.69) is 10.2 Å². The third kappa shape index (κ3) is 2.22. The van der Waals surface area contributed by atoms with Gasteiger partial charge in [-0.15, -0.1) is 0 Å². The Morgan fingerprint density at radius 3 is 2.41 bits per heavy atom. The van der Waals surface area contributed by atoms with Crippen molar-refractivity contribution in [3.8, 4) is 11.3 Å². The van der Waals surface area contributed by atoms with Crippen LogP contribution in [0.5, 0.6) is 0 Å². The molecule has 0 amide bonds. The molecule has 3 N–H and O–H groups in total. The van der Waals surface area contributed by atoms with E-state index < -0.39 is 17.6 Å². The Morgan fingerprint density at radius 2 is 1.88 bits per heavy atom. The van der Waals surface area contributed by atoms with E-state index in [0.717, 1.165) is 12.1 Å². The first-order valence-corrected chi connectivity index (χ1v) is 4.55. The largest absolute Gasteiger partial charge is 0.416 e. The van der Waals surface area contributed by atoms with E-state index in [4.69, 9.17) is 5.73 Å². The first kappa shape index (κ1) is 11.4. The molecule has 0 radical (unpaired) electrons. The highest BCUT2D eigenvalue weighted by Crippen LogP contribution is 2.33. The van der Waals surface area contributed by atoms with Crippen molar-refractivity contribution in [2.75, 3.05) is 5.73 Å². The van der Waals surface area contributed by atoms with Crippen LogP contribution in [0.2, 0.25) is 0 Å². The monoisotopic (exact) mass is 245 g/mol. The molecule has 0 spiro atoms. The molecular weight excluding hydrogens is 238 g/mol. The fourth-order valence-electron chi connectivity index (χ4n) is 1.42. The summed E-state index contributed by atoms with van der Waals surface area (Å²) in [6.07, 6.45) is -3.36. The summed E-state index contributed by atoms with van der Waals surface area (Å²) in [7, 11) is 0. The number of nitrogen functional groups attached to an aromatic ring is 1. The van der Waals surface area contributed by atoms with Crippen molar-refractivity contribution in [2.24, 2.45) is 0 Å². The van der Waals surface area contributed by atoms with Crippen LogP contribution >= 0.6 is 0 Å². The summed E-state index contributed by atoms with van der Waals surface area (Å²) in [5.41, 5.74) is 4.74. The lowest BCUT2D eigenvalue weighted by Gasteiger charge is -2.08. The summed E-state index contributed by atoms with van der Waals surface area (Å²) < 4.78 is 50.5. The molecule has 1 aromatic carbocycles. The van der Waals surface area contributed by atoms with Crippen LogP contribution in [0.1, 0.15) is 5.56 Å². The molecule has 0 unspecified atom stereocenters. The Morgan fingerprint density at radius 1 is 1.18 bits per heavy atom. The molecule has 0 aliphatic heterocycles. The van der Waals surface area contributed by atoms with Crippen molar-refractivity contribution >= 4 is 5.69 Å². The van der Waals surface area contributed by atoms with Gasteiger partial charge in [0.05, 0.1) is 23.1 Å². The second-order valence-electron chi connectivity index (χ2n) is 3.43. The molecule has 17 heavy (non-hydrogen) atoms. The molecule has 2 aromatic rings. The zero-order valence-electron chi connectivity index (χ0n) is 8.35. The maximum absolute atomic E-state index is 13.1. The molecule has 1 aromatic heterocycles. The molecule has 0 fully saturated rings. The van der Waals surface area contributed by atoms with Gasteiger partial charge >= 0.3 is 6.18 Å². The summed E-state index contributed by atoms with van der Waals surface area (Å²) in [5.74, 6) is -0.983. The normalized spacial score (nSPS) is 11.8. The Kier molecular flexibility index (Phi) is 2.53. The van der Waals surface area contributed by atoms with E-state index >= 15 is 0 Å². The number of nitrogens with two attached hydrogens (primary N) is 1. The molecule has 0 bridgehead atoms. The molecule has 90 valence electrons. The van der Waals surface area contributed by atoms with Gasteiger partial charge in [0.25, 0.3) is 0 Å². The van der Waals surface area contributed by atoms with E-state index in [1.807, 2.05) is 0 Å². The predicted molar refractivity (Wildman–Crippen MR) is 53.4 cm³/mol. The number of anilines is 1. The van der Waals surface area contributed by atoms with Gasteiger partial charge in [0.2, 0.25) is 0 Å². The first-order valence-electron chi connectivity index (χ1n) is 4.55. The summed E-state index contributed by atoms with van der Waals surface area (Å²) in [6, 6.07) is 2.20. The summed E-state index contributed by atoms with van der Waals surface area (Å²) in [5, 5.41) is 5.98. The molecule has 0 atom stereocenters.